The van der Waals surface area contributed by atoms with E-state index in [1.807, 2.05) is 0 Å². The lowest BCUT2D eigenvalue weighted by atomic mass is 10.2. The van der Waals surface area contributed by atoms with Crippen LogP contribution in [0.15, 0.2) is 18.2 Å². The number of hydrogen-bond donors (Lipinski definition) is 2. The number of ether oxygens (including phenoxy) is 1. The second-order valence-electron chi connectivity index (χ2n) is 2.76. The minimum absolute atomic E-state index is 0.0273. The highest BCUT2D eigenvalue weighted by molar-refractivity contribution is 5.88. The van der Waals surface area contributed by atoms with Crippen LogP contribution in [0.5, 0.6) is 11.6 Å². The molecule has 0 bridgehead atoms. The molecule has 0 aliphatic carbocycles. The molecule has 14 heavy (non-hydrogen) atoms. The molecule has 0 amide bonds. The summed E-state index contributed by atoms with van der Waals surface area (Å²) in [4.78, 5) is 7.63. The Bertz CT molecular complexity index is 485. The predicted molar refractivity (Wildman–Crippen MR) is 52.2 cm³/mol. The zero-order chi connectivity index (χ0) is 10.1. The van der Waals surface area contributed by atoms with Crippen molar-refractivity contribution in [1.29, 1.82) is 0 Å². The molecular weight excluding hydrogens is 182 g/mol. The van der Waals surface area contributed by atoms with E-state index in [-0.39, 0.29) is 11.8 Å². The molecule has 2 rings (SSSR count). The molecule has 1 heterocycles. The highest BCUT2D eigenvalue weighted by atomic mass is 16.5. The number of benzene rings is 1. The molecule has 0 saturated heterocycles. The lowest BCUT2D eigenvalue weighted by Gasteiger charge is -2.05. The lowest BCUT2D eigenvalue weighted by Crippen LogP contribution is -1.96. The minimum Gasteiger partial charge on any atom is -0.494 e. The van der Waals surface area contributed by atoms with Gasteiger partial charge in [-0.3, -0.25) is 0 Å². The number of para-hydroxylation sites is 1. The summed E-state index contributed by atoms with van der Waals surface area (Å²) in [6, 6.07) is 5.20. The number of methoxy groups -OCH3 is 1. The molecule has 3 N–H and O–H groups in total. The molecule has 0 aliphatic rings. The Hall–Kier alpha value is -2.04. The Labute approximate surface area is 80.2 Å². The SMILES string of the molecule is COc1cccc2c(O)nc(N)nc12. The van der Waals surface area contributed by atoms with Crippen LogP contribution >= 0.6 is 0 Å². The van der Waals surface area contributed by atoms with Crippen LogP contribution < -0.4 is 10.5 Å². The number of aromatic nitrogens is 2. The zero-order valence-corrected chi connectivity index (χ0v) is 7.56. The quantitative estimate of drug-likeness (QED) is 0.700. The molecule has 0 aliphatic heterocycles. The molecule has 5 heteroatoms. The second-order valence-corrected chi connectivity index (χ2v) is 2.76. The van der Waals surface area contributed by atoms with Crippen molar-refractivity contribution in [3.05, 3.63) is 18.2 Å². The summed E-state index contributed by atoms with van der Waals surface area (Å²) in [6.07, 6.45) is 0. The fourth-order valence-corrected chi connectivity index (χ4v) is 1.29. The van der Waals surface area contributed by atoms with Crippen LogP contribution in [0.2, 0.25) is 0 Å². The Morgan fingerprint density at radius 1 is 1.36 bits per heavy atom. The smallest absolute Gasteiger partial charge is 0.224 e. The topological polar surface area (TPSA) is 81.3 Å². The van der Waals surface area contributed by atoms with Crippen LogP contribution in [0, 0.1) is 0 Å². The molecule has 0 saturated carbocycles. The summed E-state index contributed by atoms with van der Waals surface area (Å²) in [6.45, 7) is 0. The van der Waals surface area contributed by atoms with E-state index in [1.54, 1.807) is 18.2 Å². The van der Waals surface area contributed by atoms with Crippen molar-refractivity contribution in [3.8, 4) is 11.6 Å². The van der Waals surface area contributed by atoms with Gasteiger partial charge in [-0.15, -0.1) is 0 Å². The average Bonchev–Trinajstić information content (AvgIpc) is 2.17. The van der Waals surface area contributed by atoms with Gasteiger partial charge in [0.25, 0.3) is 0 Å². The van der Waals surface area contributed by atoms with Gasteiger partial charge < -0.3 is 15.6 Å². The first-order chi connectivity index (χ1) is 6.72. The van der Waals surface area contributed by atoms with E-state index in [0.29, 0.717) is 16.7 Å². The van der Waals surface area contributed by atoms with Crippen molar-refractivity contribution in [2.75, 3.05) is 12.8 Å². The molecule has 0 fully saturated rings. The third-order valence-corrected chi connectivity index (χ3v) is 1.91. The number of nitrogens with zero attached hydrogens (tertiary/aromatic N) is 2. The van der Waals surface area contributed by atoms with Gasteiger partial charge in [0.1, 0.15) is 11.3 Å². The van der Waals surface area contributed by atoms with Crippen LogP contribution in [0.3, 0.4) is 0 Å². The molecule has 0 spiro atoms. The molecule has 1 aromatic carbocycles. The zero-order valence-electron chi connectivity index (χ0n) is 7.56. The molecule has 0 radical (unpaired) electrons. The van der Waals surface area contributed by atoms with E-state index in [1.165, 1.54) is 7.11 Å². The highest BCUT2D eigenvalue weighted by Gasteiger charge is 2.08. The molecule has 72 valence electrons. The summed E-state index contributed by atoms with van der Waals surface area (Å²) < 4.78 is 5.08. The number of anilines is 1. The maximum Gasteiger partial charge on any atom is 0.224 e. The van der Waals surface area contributed by atoms with Crippen molar-refractivity contribution in [2.45, 2.75) is 0 Å². The summed E-state index contributed by atoms with van der Waals surface area (Å²) in [5.74, 6) is 0.456. The summed E-state index contributed by atoms with van der Waals surface area (Å²) in [7, 11) is 1.53. The highest BCUT2D eigenvalue weighted by Crippen LogP contribution is 2.28. The summed E-state index contributed by atoms with van der Waals surface area (Å²) in [5, 5.41) is 10.0. The van der Waals surface area contributed by atoms with Crippen LogP contribution in [-0.4, -0.2) is 22.2 Å². The number of rotatable bonds is 1. The average molecular weight is 191 g/mol. The van der Waals surface area contributed by atoms with Gasteiger partial charge in [0, 0.05) is 0 Å². The van der Waals surface area contributed by atoms with Gasteiger partial charge in [0.15, 0.2) is 0 Å². The van der Waals surface area contributed by atoms with E-state index < -0.39 is 0 Å². The number of nitrogen functional groups attached to an aromatic ring is 1. The van der Waals surface area contributed by atoms with Crippen LogP contribution in [0.1, 0.15) is 0 Å². The normalized spacial score (nSPS) is 10.4. The van der Waals surface area contributed by atoms with Gasteiger partial charge in [-0.25, -0.2) is 4.98 Å². The third kappa shape index (κ3) is 1.19. The molecule has 1 aromatic heterocycles. The first kappa shape index (κ1) is 8.55. The molecule has 0 unspecified atom stereocenters. The standard InChI is InChI=1S/C9H9N3O2/c1-14-6-4-2-3-5-7(6)11-9(10)12-8(5)13/h2-4H,1H3,(H3,10,11,12,13). The van der Waals surface area contributed by atoms with E-state index in [9.17, 15) is 5.11 Å². The molecular formula is C9H9N3O2. The summed E-state index contributed by atoms with van der Waals surface area (Å²) >= 11 is 0. The van der Waals surface area contributed by atoms with Crippen molar-refractivity contribution in [2.24, 2.45) is 0 Å². The first-order valence-corrected chi connectivity index (χ1v) is 4.01. The fourth-order valence-electron chi connectivity index (χ4n) is 1.29. The summed E-state index contributed by atoms with van der Waals surface area (Å²) in [5.41, 5.74) is 5.92. The Balaban J connectivity index is 2.86. The van der Waals surface area contributed by atoms with Gasteiger partial charge in [0.2, 0.25) is 11.8 Å². The number of hydrogen-bond acceptors (Lipinski definition) is 5. The van der Waals surface area contributed by atoms with E-state index in [0.717, 1.165) is 0 Å². The van der Waals surface area contributed by atoms with Gasteiger partial charge in [-0.2, -0.15) is 4.98 Å². The molecule has 5 nitrogen and oxygen atoms in total. The Morgan fingerprint density at radius 2 is 2.14 bits per heavy atom. The van der Waals surface area contributed by atoms with Crippen LogP contribution in [0.25, 0.3) is 10.9 Å². The Kier molecular flexibility index (Phi) is 1.85. The van der Waals surface area contributed by atoms with Gasteiger partial charge >= 0.3 is 0 Å². The maximum atomic E-state index is 9.49. The Morgan fingerprint density at radius 3 is 2.86 bits per heavy atom. The van der Waals surface area contributed by atoms with Gasteiger partial charge in [-0.05, 0) is 12.1 Å². The second kappa shape index (κ2) is 3.02. The van der Waals surface area contributed by atoms with Crippen molar-refractivity contribution < 1.29 is 9.84 Å². The van der Waals surface area contributed by atoms with Crippen molar-refractivity contribution in [3.63, 3.8) is 0 Å². The lowest BCUT2D eigenvalue weighted by molar-refractivity contribution is 0.418. The number of fused-ring (bicyclic) bond motifs is 1. The monoisotopic (exact) mass is 191 g/mol. The van der Waals surface area contributed by atoms with E-state index in [2.05, 4.69) is 9.97 Å². The van der Waals surface area contributed by atoms with Gasteiger partial charge in [0.05, 0.1) is 12.5 Å². The molecule has 0 atom stereocenters. The van der Waals surface area contributed by atoms with Crippen LogP contribution in [0.4, 0.5) is 5.95 Å². The van der Waals surface area contributed by atoms with Crippen molar-refractivity contribution in [1.82, 2.24) is 9.97 Å². The predicted octanol–water partition coefficient (Wildman–Crippen LogP) is 0.926. The number of aromatic hydroxyl groups is 1. The van der Waals surface area contributed by atoms with E-state index in [4.69, 9.17) is 10.5 Å². The molecule has 2 aromatic rings. The number of nitrogens with two attached hydrogens (primary N) is 1. The maximum absolute atomic E-state index is 9.49. The largest absolute Gasteiger partial charge is 0.494 e. The van der Waals surface area contributed by atoms with E-state index >= 15 is 0 Å². The fraction of sp³-hybridized carbons (Fsp3) is 0.111. The first-order valence-electron chi connectivity index (χ1n) is 4.01. The third-order valence-electron chi connectivity index (χ3n) is 1.91. The van der Waals surface area contributed by atoms with Crippen LogP contribution in [-0.2, 0) is 0 Å². The van der Waals surface area contributed by atoms with Gasteiger partial charge in [-0.1, -0.05) is 6.07 Å². The minimum atomic E-state index is -0.133. The van der Waals surface area contributed by atoms with Crippen molar-refractivity contribution >= 4 is 16.9 Å².